The van der Waals surface area contributed by atoms with Crippen LogP contribution in [0.3, 0.4) is 0 Å². The van der Waals surface area contributed by atoms with Crippen LogP contribution in [0.25, 0.3) is 0 Å². The van der Waals surface area contributed by atoms with Crippen LogP contribution in [0, 0.1) is 11.6 Å². The third-order valence-electron chi connectivity index (χ3n) is 3.12. The van der Waals surface area contributed by atoms with Gasteiger partial charge in [0.25, 0.3) is 0 Å². The first-order chi connectivity index (χ1) is 7.43. The summed E-state index contributed by atoms with van der Waals surface area (Å²) in [5, 5.41) is 0. The van der Waals surface area contributed by atoms with Gasteiger partial charge in [-0.2, -0.15) is 0 Å². The van der Waals surface area contributed by atoms with Crippen molar-refractivity contribution in [3.05, 3.63) is 35.4 Å². The minimum absolute atomic E-state index is 0.382. The summed E-state index contributed by atoms with van der Waals surface area (Å²) in [5.74, 6) is -0.794. The summed E-state index contributed by atoms with van der Waals surface area (Å²) < 4.78 is 26.3. The number of nitrogens with zero attached hydrogens (tertiary/aromatic N) is 2. The molecular formula is C11H13F2N3. The van der Waals surface area contributed by atoms with Crippen molar-refractivity contribution in [1.29, 1.82) is 0 Å². The van der Waals surface area contributed by atoms with Gasteiger partial charge in [0, 0.05) is 13.1 Å². The predicted molar refractivity (Wildman–Crippen MR) is 58.0 cm³/mol. The molecule has 1 heterocycles. The second-order valence-electron chi connectivity index (χ2n) is 4.17. The van der Waals surface area contributed by atoms with Crippen LogP contribution in [0.15, 0.2) is 23.2 Å². The standard InChI is InChI=1S/C11H13F2N3/c1-11(6-15-10(14)16(11)2)7-3-8(12)5-9(13)4-7/h3-5H,6H2,1-2H3,(H2,14,15). The van der Waals surface area contributed by atoms with Crippen LogP contribution in [-0.2, 0) is 5.54 Å². The fourth-order valence-corrected chi connectivity index (χ4v) is 1.85. The smallest absolute Gasteiger partial charge is 0.191 e. The summed E-state index contributed by atoms with van der Waals surface area (Å²) in [5.41, 5.74) is 5.62. The number of aliphatic imine (C=N–C) groups is 1. The Hall–Kier alpha value is -1.65. The van der Waals surface area contributed by atoms with E-state index >= 15 is 0 Å². The lowest BCUT2D eigenvalue weighted by molar-refractivity contribution is 0.265. The number of nitrogens with two attached hydrogens (primary N) is 1. The molecule has 5 heteroatoms. The Morgan fingerprint density at radius 3 is 2.31 bits per heavy atom. The summed E-state index contributed by atoms with van der Waals surface area (Å²) in [7, 11) is 1.76. The Labute approximate surface area is 92.6 Å². The second kappa shape index (κ2) is 3.43. The van der Waals surface area contributed by atoms with Crippen molar-refractivity contribution < 1.29 is 8.78 Å². The first-order valence-corrected chi connectivity index (χ1v) is 4.94. The highest BCUT2D eigenvalue weighted by atomic mass is 19.1. The van der Waals surface area contributed by atoms with E-state index in [0.29, 0.717) is 18.1 Å². The molecule has 0 radical (unpaired) electrons. The zero-order chi connectivity index (χ0) is 11.9. The Kier molecular flexibility index (Phi) is 2.33. The van der Waals surface area contributed by atoms with Crippen molar-refractivity contribution in [1.82, 2.24) is 4.90 Å². The van der Waals surface area contributed by atoms with E-state index in [9.17, 15) is 8.78 Å². The first kappa shape index (κ1) is 10.9. The maximum absolute atomic E-state index is 13.1. The average molecular weight is 225 g/mol. The van der Waals surface area contributed by atoms with E-state index in [0.717, 1.165) is 6.07 Å². The number of guanidine groups is 1. The van der Waals surface area contributed by atoms with Crippen molar-refractivity contribution in [3.8, 4) is 0 Å². The molecule has 1 aromatic rings. The van der Waals surface area contributed by atoms with Crippen LogP contribution < -0.4 is 5.73 Å². The molecule has 2 N–H and O–H groups in total. The van der Waals surface area contributed by atoms with Gasteiger partial charge in [0.1, 0.15) is 11.6 Å². The van der Waals surface area contributed by atoms with Crippen molar-refractivity contribution in [2.45, 2.75) is 12.5 Å². The van der Waals surface area contributed by atoms with Crippen LogP contribution in [0.5, 0.6) is 0 Å². The number of likely N-dealkylation sites (N-methyl/N-ethyl adjacent to an activating group) is 1. The molecule has 1 aliphatic rings. The van der Waals surface area contributed by atoms with Crippen molar-refractivity contribution in [2.75, 3.05) is 13.6 Å². The molecule has 0 aromatic heterocycles. The van der Waals surface area contributed by atoms with E-state index in [2.05, 4.69) is 4.99 Å². The summed E-state index contributed by atoms with van der Waals surface area (Å²) in [6.45, 7) is 2.25. The number of halogens is 2. The molecule has 2 rings (SSSR count). The van der Waals surface area contributed by atoms with Gasteiger partial charge in [0.15, 0.2) is 5.96 Å². The topological polar surface area (TPSA) is 41.6 Å². The Morgan fingerprint density at radius 1 is 1.31 bits per heavy atom. The normalized spacial score (nSPS) is 24.8. The zero-order valence-electron chi connectivity index (χ0n) is 9.17. The summed E-state index contributed by atoms with van der Waals surface area (Å²) in [6.07, 6.45) is 0. The SMILES string of the molecule is CN1C(N)=NCC1(C)c1cc(F)cc(F)c1. The second-order valence-corrected chi connectivity index (χ2v) is 4.17. The van der Waals surface area contributed by atoms with Gasteiger partial charge in [-0.05, 0) is 24.6 Å². The minimum Gasteiger partial charge on any atom is -0.370 e. The average Bonchev–Trinajstić information content (AvgIpc) is 2.46. The highest BCUT2D eigenvalue weighted by molar-refractivity contribution is 5.80. The minimum atomic E-state index is -0.588. The van der Waals surface area contributed by atoms with Gasteiger partial charge < -0.3 is 10.6 Å². The zero-order valence-corrected chi connectivity index (χ0v) is 9.17. The first-order valence-electron chi connectivity index (χ1n) is 4.94. The molecular weight excluding hydrogens is 212 g/mol. The molecule has 0 saturated heterocycles. The monoisotopic (exact) mass is 225 g/mol. The number of hydrogen-bond acceptors (Lipinski definition) is 3. The molecule has 0 saturated carbocycles. The van der Waals surface area contributed by atoms with Crippen LogP contribution in [0.1, 0.15) is 12.5 Å². The quantitative estimate of drug-likeness (QED) is 0.785. The van der Waals surface area contributed by atoms with Crippen LogP contribution in [0.2, 0.25) is 0 Å². The molecule has 1 aliphatic heterocycles. The van der Waals surface area contributed by atoms with Crippen molar-refractivity contribution in [2.24, 2.45) is 10.7 Å². The van der Waals surface area contributed by atoms with E-state index < -0.39 is 17.2 Å². The third kappa shape index (κ3) is 1.52. The lowest BCUT2D eigenvalue weighted by atomic mass is 9.91. The molecule has 1 unspecified atom stereocenters. The van der Waals surface area contributed by atoms with Gasteiger partial charge in [-0.25, -0.2) is 8.78 Å². The Bertz CT molecular complexity index is 438. The molecule has 0 spiro atoms. The van der Waals surface area contributed by atoms with Gasteiger partial charge in [0.2, 0.25) is 0 Å². The van der Waals surface area contributed by atoms with Crippen LogP contribution in [0.4, 0.5) is 8.78 Å². The largest absolute Gasteiger partial charge is 0.370 e. The number of benzene rings is 1. The highest BCUT2D eigenvalue weighted by Crippen LogP contribution is 2.31. The van der Waals surface area contributed by atoms with Gasteiger partial charge in [-0.15, -0.1) is 0 Å². The maximum atomic E-state index is 13.1. The summed E-state index contributed by atoms with van der Waals surface area (Å²) in [4.78, 5) is 5.80. The lowest BCUT2D eigenvalue weighted by Gasteiger charge is -2.33. The predicted octanol–water partition coefficient (Wildman–Crippen LogP) is 1.44. The van der Waals surface area contributed by atoms with E-state index in [4.69, 9.17) is 5.73 Å². The highest BCUT2D eigenvalue weighted by Gasteiger charge is 2.37. The molecule has 3 nitrogen and oxygen atoms in total. The van der Waals surface area contributed by atoms with Gasteiger partial charge >= 0.3 is 0 Å². The fraction of sp³-hybridized carbons (Fsp3) is 0.364. The lowest BCUT2D eigenvalue weighted by Crippen LogP contribution is -2.44. The van der Waals surface area contributed by atoms with E-state index in [1.807, 2.05) is 6.92 Å². The molecule has 1 atom stereocenters. The van der Waals surface area contributed by atoms with Gasteiger partial charge in [0.05, 0.1) is 12.1 Å². The van der Waals surface area contributed by atoms with Crippen LogP contribution >= 0.6 is 0 Å². The van der Waals surface area contributed by atoms with Gasteiger partial charge in [-0.3, -0.25) is 4.99 Å². The summed E-state index contributed by atoms with van der Waals surface area (Å²) >= 11 is 0. The number of hydrogen-bond donors (Lipinski definition) is 1. The van der Waals surface area contributed by atoms with Gasteiger partial charge in [-0.1, -0.05) is 0 Å². The molecule has 16 heavy (non-hydrogen) atoms. The van der Waals surface area contributed by atoms with Crippen molar-refractivity contribution >= 4 is 5.96 Å². The Balaban J connectivity index is 2.45. The Morgan fingerprint density at radius 2 is 1.88 bits per heavy atom. The number of rotatable bonds is 1. The molecule has 0 amide bonds. The summed E-state index contributed by atoms with van der Waals surface area (Å²) in [6, 6.07) is 3.48. The van der Waals surface area contributed by atoms with E-state index in [-0.39, 0.29) is 0 Å². The van der Waals surface area contributed by atoms with Crippen LogP contribution in [-0.4, -0.2) is 24.5 Å². The van der Waals surface area contributed by atoms with E-state index in [1.54, 1.807) is 11.9 Å². The molecule has 0 aliphatic carbocycles. The maximum Gasteiger partial charge on any atom is 0.191 e. The third-order valence-corrected chi connectivity index (χ3v) is 3.12. The fourth-order valence-electron chi connectivity index (χ4n) is 1.85. The molecule has 1 aromatic carbocycles. The van der Waals surface area contributed by atoms with Crippen molar-refractivity contribution in [3.63, 3.8) is 0 Å². The molecule has 86 valence electrons. The molecule has 0 fully saturated rings. The van der Waals surface area contributed by atoms with E-state index in [1.165, 1.54) is 12.1 Å². The molecule has 0 bridgehead atoms.